The van der Waals surface area contributed by atoms with Crippen molar-refractivity contribution in [2.24, 2.45) is 11.7 Å². The highest BCUT2D eigenvalue weighted by molar-refractivity contribution is 5.79. The third-order valence-electron chi connectivity index (χ3n) is 2.85. The SMILES string of the molecule is CC(N)CCCNC(=O)C1CCOC1C. The van der Waals surface area contributed by atoms with Crippen LogP contribution >= 0.6 is 0 Å². The molecule has 3 unspecified atom stereocenters. The number of nitrogens with one attached hydrogen (secondary N) is 1. The lowest BCUT2D eigenvalue weighted by atomic mass is 10.0. The molecule has 0 saturated carbocycles. The Hall–Kier alpha value is -0.610. The van der Waals surface area contributed by atoms with Crippen LogP contribution in [-0.4, -0.2) is 31.2 Å². The molecule has 0 bridgehead atoms. The van der Waals surface area contributed by atoms with Crippen LogP contribution in [0.15, 0.2) is 0 Å². The summed E-state index contributed by atoms with van der Waals surface area (Å²) in [6.45, 7) is 5.37. The van der Waals surface area contributed by atoms with E-state index in [2.05, 4.69) is 5.32 Å². The van der Waals surface area contributed by atoms with Gasteiger partial charge in [-0.05, 0) is 33.1 Å². The average molecular weight is 214 g/mol. The molecule has 1 aliphatic heterocycles. The number of carbonyl (C=O) groups excluding carboxylic acids is 1. The van der Waals surface area contributed by atoms with Gasteiger partial charge < -0.3 is 15.8 Å². The fourth-order valence-electron chi connectivity index (χ4n) is 1.84. The molecule has 4 heteroatoms. The molecule has 88 valence electrons. The van der Waals surface area contributed by atoms with Crippen LogP contribution in [0.25, 0.3) is 0 Å². The molecule has 1 fully saturated rings. The van der Waals surface area contributed by atoms with Crippen molar-refractivity contribution in [1.82, 2.24) is 5.32 Å². The van der Waals surface area contributed by atoms with Gasteiger partial charge >= 0.3 is 0 Å². The molecule has 0 radical (unpaired) electrons. The Morgan fingerprint density at radius 1 is 1.67 bits per heavy atom. The van der Waals surface area contributed by atoms with E-state index in [1.54, 1.807) is 0 Å². The molecule has 1 heterocycles. The molecule has 1 saturated heterocycles. The highest BCUT2D eigenvalue weighted by atomic mass is 16.5. The summed E-state index contributed by atoms with van der Waals surface area (Å²) in [6.07, 6.45) is 2.82. The molecule has 0 aromatic rings. The Morgan fingerprint density at radius 3 is 2.93 bits per heavy atom. The Balaban J connectivity index is 2.13. The highest BCUT2D eigenvalue weighted by Gasteiger charge is 2.30. The van der Waals surface area contributed by atoms with Gasteiger partial charge in [0.05, 0.1) is 12.0 Å². The van der Waals surface area contributed by atoms with Gasteiger partial charge in [-0.2, -0.15) is 0 Å². The normalized spacial score (nSPS) is 27.7. The Labute approximate surface area is 91.5 Å². The van der Waals surface area contributed by atoms with E-state index in [4.69, 9.17) is 10.5 Å². The van der Waals surface area contributed by atoms with Crippen molar-refractivity contribution in [3.63, 3.8) is 0 Å². The fourth-order valence-corrected chi connectivity index (χ4v) is 1.84. The lowest BCUT2D eigenvalue weighted by Gasteiger charge is -2.14. The third-order valence-corrected chi connectivity index (χ3v) is 2.85. The molecule has 3 atom stereocenters. The fraction of sp³-hybridized carbons (Fsp3) is 0.909. The van der Waals surface area contributed by atoms with E-state index >= 15 is 0 Å². The minimum absolute atomic E-state index is 0.0419. The monoisotopic (exact) mass is 214 g/mol. The van der Waals surface area contributed by atoms with E-state index in [0.717, 1.165) is 25.8 Å². The molecular weight excluding hydrogens is 192 g/mol. The van der Waals surface area contributed by atoms with Crippen LogP contribution in [0.2, 0.25) is 0 Å². The molecule has 1 aliphatic rings. The van der Waals surface area contributed by atoms with Crippen molar-refractivity contribution in [2.45, 2.75) is 45.3 Å². The van der Waals surface area contributed by atoms with Crippen molar-refractivity contribution in [3.05, 3.63) is 0 Å². The van der Waals surface area contributed by atoms with Gasteiger partial charge in [0.15, 0.2) is 0 Å². The average Bonchev–Trinajstić information content (AvgIpc) is 2.58. The summed E-state index contributed by atoms with van der Waals surface area (Å²) in [5, 5.41) is 2.94. The predicted octanol–water partition coefficient (Wildman–Crippen LogP) is 0.655. The molecule has 0 spiro atoms. The first-order valence-corrected chi connectivity index (χ1v) is 5.76. The number of ether oxygens (including phenoxy) is 1. The Bertz CT molecular complexity index is 207. The van der Waals surface area contributed by atoms with Gasteiger partial charge in [0.2, 0.25) is 5.91 Å². The van der Waals surface area contributed by atoms with Crippen LogP contribution in [0.5, 0.6) is 0 Å². The minimum atomic E-state index is 0.0419. The van der Waals surface area contributed by atoms with Crippen LogP contribution in [0.3, 0.4) is 0 Å². The molecule has 0 aromatic carbocycles. The maximum Gasteiger partial charge on any atom is 0.225 e. The van der Waals surface area contributed by atoms with E-state index in [0.29, 0.717) is 6.61 Å². The van der Waals surface area contributed by atoms with Crippen molar-refractivity contribution in [3.8, 4) is 0 Å². The van der Waals surface area contributed by atoms with Crippen LogP contribution in [-0.2, 0) is 9.53 Å². The van der Waals surface area contributed by atoms with E-state index in [1.807, 2.05) is 13.8 Å². The van der Waals surface area contributed by atoms with E-state index in [1.165, 1.54) is 0 Å². The smallest absolute Gasteiger partial charge is 0.225 e. The summed E-state index contributed by atoms with van der Waals surface area (Å²) in [7, 11) is 0. The largest absolute Gasteiger partial charge is 0.378 e. The second kappa shape index (κ2) is 6.08. The van der Waals surface area contributed by atoms with Crippen LogP contribution in [0.4, 0.5) is 0 Å². The van der Waals surface area contributed by atoms with Crippen molar-refractivity contribution < 1.29 is 9.53 Å². The van der Waals surface area contributed by atoms with Crippen molar-refractivity contribution in [2.75, 3.05) is 13.2 Å². The van der Waals surface area contributed by atoms with E-state index in [9.17, 15) is 4.79 Å². The van der Waals surface area contributed by atoms with Crippen LogP contribution < -0.4 is 11.1 Å². The van der Waals surface area contributed by atoms with Gasteiger partial charge in [0.25, 0.3) is 0 Å². The summed E-state index contributed by atoms with van der Waals surface area (Å²) >= 11 is 0. The van der Waals surface area contributed by atoms with E-state index < -0.39 is 0 Å². The zero-order valence-electron chi connectivity index (χ0n) is 9.66. The number of amides is 1. The second-order valence-corrected chi connectivity index (χ2v) is 4.38. The molecule has 4 nitrogen and oxygen atoms in total. The molecule has 1 rings (SSSR count). The summed E-state index contributed by atoms with van der Waals surface area (Å²) in [5.74, 6) is 0.171. The molecule has 1 amide bonds. The summed E-state index contributed by atoms with van der Waals surface area (Å²) < 4.78 is 5.35. The third kappa shape index (κ3) is 4.18. The lowest BCUT2D eigenvalue weighted by Crippen LogP contribution is -2.35. The summed E-state index contributed by atoms with van der Waals surface area (Å²) in [6, 6.07) is 0.218. The quantitative estimate of drug-likeness (QED) is 0.661. The number of nitrogens with two attached hydrogens (primary N) is 1. The number of hydrogen-bond donors (Lipinski definition) is 2. The van der Waals surface area contributed by atoms with Crippen LogP contribution in [0, 0.1) is 5.92 Å². The number of hydrogen-bond acceptors (Lipinski definition) is 3. The Morgan fingerprint density at radius 2 is 2.40 bits per heavy atom. The summed E-state index contributed by atoms with van der Waals surface area (Å²) in [4.78, 5) is 11.7. The summed E-state index contributed by atoms with van der Waals surface area (Å²) in [5.41, 5.74) is 5.62. The van der Waals surface area contributed by atoms with Gasteiger partial charge in [-0.1, -0.05) is 0 Å². The van der Waals surface area contributed by atoms with Crippen molar-refractivity contribution in [1.29, 1.82) is 0 Å². The standard InChI is InChI=1S/C11H22N2O2/c1-8(12)4-3-6-13-11(14)10-5-7-15-9(10)2/h8-10H,3-7,12H2,1-2H3,(H,13,14). The van der Waals surface area contributed by atoms with E-state index in [-0.39, 0.29) is 24.0 Å². The molecule has 15 heavy (non-hydrogen) atoms. The zero-order valence-corrected chi connectivity index (χ0v) is 9.66. The maximum absolute atomic E-state index is 11.7. The van der Waals surface area contributed by atoms with Gasteiger partial charge in [-0.25, -0.2) is 0 Å². The van der Waals surface area contributed by atoms with Crippen molar-refractivity contribution >= 4 is 5.91 Å². The van der Waals surface area contributed by atoms with Crippen LogP contribution in [0.1, 0.15) is 33.1 Å². The highest BCUT2D eigenvalue weighted by Crippen LogP contribution is 2.20. The first kappa shape index (κ1) is 12.5. The van der Waals surface area contributed by atoms with Gasteiger partial charge in [0.1, 0.15) is 0 Å². The minimum Gasteiger partial charge on any atom is -0.378 e. The predicted molar refractivity (Wildman–Crippen MR) is 59.4 cm³/mol. The second-order valence-electron chi connectivity index (χ2n) is 4.38. The van der Waals surface area contributed by atoms with Gasteiger partial charge in [-0.3, -0.25) is 4.79 Å². The molecule has 3 N–H and O–H groups in total. The Kier molecular flexibility index (Phi) is 5.05. The number of carbonyl (C=O) groups is 1. The van der Waals surface area contributed by atoms with Gasteiger partial charge in [-0.15, -0.1) is 0 Å². The maximum atomic E-state index is 11.7. The zero-order chi connectivity index (χ0) is 11.3. The molecular formula is C11H22N2O2. The lowest BCUT2D eigenvalue weighted by molar-refractivity contribution is -0.126. The topological polar surface area (TPSA) is 64.3 Å². The molecule has 0 aromatic heterocycles. The first-order valence-electron chi connectivity index (χ1n) is 5.76. The van der Waals surface area contributed by atoms with Gasteiger partial charge in [0, 0.05) is 19.2 Å². The first-order chi connectivity index (χ1) is 7.11. The number of rotatable bonds is 5. The molecule has 0 aliphatic carbocycles.